The Morgan fingerprint density at radius 1 is 1.05 bits per heavy atom. The largest absolute Gasteiger partial charge is 0.347 e. The molecule has 1 aliphatic heterocycles. The van der Waals surface area contributed by atoms with Crippen molar-refractivity contribution in [1.82, 2.24) is 9.88 Å². The van der Waals surface area contributed by atoms with Gasteiger partial charge in [-0.3, -0.25) is 0 Å². The van der Waals surface area contributed by atoms with Crippen LogP contribution in [0.4, 0.5) is 5.13 Å². The molecule has 100 valence electrons. The van der Waals surface area contributed by atoms with Gasteiger partial charge in [0.2, 0.25) is 0 Å². The van der Waals surface area contributed by atoms with Gasteiger partial charge in [-0.2, -0.15) is 0 Å². The lowest BCUT2D eigenvalue weighted by molar-refractivity contribution is 0.360. The molecule has 2 aromatic rings. The number of likely N-dealkylation sites (N-methyl/N-ethyl adjacent to an activating group) is 1. The highest BCUT2D eigenvalue weighted by Crippen LogP contribution is 2.31. The Morgan fingerprint density at radius 3 is 2.74 bits per heavy atom. The maximum absolute atomic E-state index is 4.61. The number of hydrogen-bond acceptors (Lipinski definition) is 4. The molecule has 0 spiro atoms. The lowest BCUT2D eigenvalue weighted by atomic mass is 10.2. The first-order valence-corrected chi connectivity index (χ1v) is 7.59. The van der Waals surface area contributed by atoms with Gasteiger partial charge >= 0.3 is 0 Å². The second kappa shape index (κ2) is 5.72. The summed E-state index contributed by atoms with van der Waals surface area (Å²) < 4.78 is 0. The number of hydrogen-bond donors (Lipinski definition) is 0. The van der Waals surface area contributed by atoms with Crippen molar-refractivity contribution in [3.63, 3.8) is 0 Å². The van der Waals surface area contributed by atoms with E-state index < -0.39 is 0 Å². The number of aromatic nitrogens is 1. The average molecular weight is 273 g/mol. The number of anilines is 1. The third kappa shape index (κ3) is 2.96. The Hall–Kier alpha value is -1.39. The van der Waals surface area contributed by atoms with Crippen LogP contribution in [0.15, 0.2) is 36.5 Å². The fraction of sp³-hybridized carbons (Fsp3) is 0.400. The van der Waals surface area contributed by atoms with E-state index in [1.54, 1.807) is 11.3 Å². The van der Waals surface area contributed by atoms with E-state index in [0.29, 0.717) is 0 Å². The molecule has 4 heteroatoms. The van der Waals surface area contributed by atoms with Crippen molar-refractivity contribution < 1.29 is 0 Å². The molecule has 3 nitrogen and oxygen atoms in total. The quantitative estimate of drug-likeness (QED) is 0.838. The van der Waals surface area contributed by atoms with Gasteiger partial charge in [-0.05, 0) is 25.6 Å². The molecular formula is C15H19N3S. The van der Waals surface area contributed by atoms with Crippen LogP contribution in [0.2, 0.25) is 0 Å². The van der Waals surface area contributed by atoms with E-state index in [1.807, 2.05) is 6.20 Å². The Morgan fingerprint density at radius 2 is 1.89 bits per heavy atom. The summed E-state index contributed by atoms with van der Waals surface area (Å²) in [5, 5.41) is 1.16. The van der Waals surface area contributed by atoms with E-state index in [-0.39, 0.29) is 0 Å². The number of benzene rings is 1. The fourth-order valence-corrected chi connectivity index (χ4v) is 3.36. The van der Waals surface area contributed by atoms with E-state index in [0.717, 1.165) is 24.8 Å². The van der Waals surface area contributed by atoms with Gasteiger partial charge in [-0.15, -0.1) is 0 Å². The van der Waals surface area contributed by atoms with E-state index in [4.69, 9.17) is 0 Å². The van der Waals surface area contributed by atoms with Crippen molar-refractivity contribution >= 4 is 16.5 Å². The highest BCUT2D eigenvalue weighted by Gasteiger charge is 2.15. The molecule has 0 aliphatic carbocycles. The molecule has 0 saturated carbocycles. The normalized spacial score (nSPS) is 17.4. The maximum Gasteiger partial charge on any atom is 0.185 e. The lowest BCUT2D eigenvalue weighted by Gasteiger charge is -2.19. The zero-order valence-electron chi connectivity index (χ0n) is 11.2. The predicted octanol–water partition coefficient (Wildman–Crippen LogP) is 2.95. The topological polar surface area (TPSA) is 19.4 Å². The fourth-order valence-electron chi connectivity index (χ4n) is 2.38. The molecule has 1 aromatic heterocycles. The van der Waals surface area contributed by atoms with Crippen LogP contribution < -0.4 is 4.90 Å². The zero-order valence-corrected chi connectivity index (χ0v) is 12.1. The summed E-state index contributed by atoms with van der Waals surface area (Å²) in [5.41, 5.74) is 1.26. The lowest BCUT2D eigenvalue weighted by Crippen LogP contribution is -2.28. The second-order valence-electron chi connectivity index (χ2n) is 5.02. The SMILES string of the molecule is CN1CCCN(c2ncc(-c3ccccc3)s2)CC1. The summed E-state index contributed by atoms with van der Waals surface area (Å²) in [6.45, 7) is 4.51. The van der Waals surface area contributed by atoms with Gasteiger partial charge in [0.15, 0.2) is 5.13 Å². The average Bonchev–Trinajstić information content (AvgIpc) is 2.84. The molecule has 0 atom stereocenters. The van der Waals surface area contributed by atoms with Crippen LogP contribution in [0.3, 0.4) is 0 Å². The Balaban J connectivity index is 1.77. The Kier molecular flexibility index (Phi) is 3.80. The van der Waals surface area contributed by atoms with Crippen LogP contribution >= 0.6 is 11.3 Å². The molecule has 0 unspecified atom stereocenters. The van der Waals surface area contributed by atoms with Crippen molar-refractivity contribution in [1.29, 1.82) is 0 Å². The molecule has 0 bridgehead atoms. The van der Waals surface area contributed by atoms with Gasteiger partial charge in [0, 0.05) is 25.8 Å². The standard InChI is InChI=1S/C15H19N3S/c1-17-8-5-9-18(11-10-17)15-16-12-14(19-15)13-6-3-2-4-7-13/h2-4,6-7,12H,5,8-11H2,1H3. The van der Waals surface area contributed by atoms with Crippen LogP contribution in [-0.2, 0) is 0 Å². The number of rotatable bonds is 2. The van der Waals surface area contributed by atoms with Gasteiger partial charge < -0.3 is 9.80 Å². The van der Waals surface area contributed by atoms with Crippen LogP contribution in [0.25, 0.3) is 10.4 Å². The maximum atomic E-state index is 4.61. The minimum Gasteiger partial charge on any atom is -0.347 e. The molecule has 0 amide bonds. The van der Waals surface area contributed by atoms with Crippen LogP contribution in [0.1, 0.15) is 6.42 Å². The van der Waals surface area contributed by atoms with Crippen LogP contribution in [-0.4, -0.2) is 43.1 Å². The third-order valence-electron chi connectivity index (χ3n) is 3.54. The summed E-state index contributed by atoms with van der Waals surface area (Å²) in [4.78, 5) is 10.7. The molecule has 1 fully saturated rings. The van der Waals surface area contributed by atoms with Gasteiger partial charge in [-0.25, -0.2) is 4.98 Å². The van der Waals surface area contributed by atoms with E-state index in [1.165, 1.54) is 23.4 Å². The molecule has 0 N–H and O–H groups in total. The highest BCUT2D eigenvalue weighted by molar-refractivity contribution is 7.18. The Bertz CT molecular complexity index is 523. The van der Waals surface area contributed by atoms with Crippen LogP contribution in [0.5, 0.6) is 0 Å². The minimum atomic E-state index is 1.08. The molecule has 1 aliphatic rings. The van der Waals surface area contributed by atoms with Gasteiger partial charge in [0.25, 0.3) is 0 Å². The predicted molar refractivity (Wildman–Crippen MR) is 81.9 cm³/mol. The molecule has 0 radical (unpaired) electrons. The van der Waals surface area contributed by atoms with E-state index in [9.17, 15) is 0 Å². The van der Waals surface area contributed by atoms with Crippen molar-refractivity contribution in [3.8, 4) is 10.4 Å². The van der Waals surface area contributed by atoms with Gasteiger partial charge in [0.05, 0.1) is 4.88 Å². The highest BCUT2D eigenvalue weighted by atomic mass is 32.1. The van der Waals surface area contributed by atoms with Gasteiger partial charge in [-0.1, -0.05) is 41.7 Å². The monoisotopic (exact) mass is 273 g/mol. The first-order valence-electron chi connectivity index (χ1n) is 6.78. The smallest absolute Gasteiger partial charge is 0.185 e. The molecule has 1 aromatic carbocycles. The molecule has 3 rings (SSSR count). The first-order chi connectivity index (χ1) is 9.33. The molecule has 2 heterocycles. The molecule has 19 heavy (non-hydrogen) atoms. The van der Waals surface area contributed by atoms with Crippen molar-refractivity contribution in [3.05, 3.63) is 36.5 Å². The zero-order chi connectivity index (χ0) is 13.1. The van der Waals surface area contributed by atoms with E-state index >= 15 is 0 Å². The van der Waals surface area contributed by atoms with Crippen molar-refractivity contribution in [2.75, 3.05) is 38.1 Å². The number of nitrogens with zero attached hydrogens (tertiary/aromatic N) is 3. The molecular weight excluding hydrogens is 254 g/mol. The van der Waals surface area contributed by atoms with Crippen molar-refractivity contribution in [2.24, 2.45) is 0 Å². The van der Waals surface area contributed by atoms with Gasteiger partial charge in [0.1, 0.15) is 0 Å². The summed E-state index contributed by atoms with van der Waals surface area (Å²) in [5.74, 6) is 0. The summed E-state index contributed by atoms with van der Waals surface area (Å²) in [6.07, 6.45) is 3.22. The summed E-state index contributed by atoms with van der Waals surface area (Å²) >= 11 is 1.80. The number of thiazole rings is 1. The van der Waals surface area contributed by atoms with Crippen LogP contribution in [0, 0.1) is 0 Å². The molecule has 1 saturated heterocycles. The Labute approximate surface area is 118 Å². The second-order valence-corrected chi connectivity index (χ2v) is 6.03. The van der Waals surface area contributed by atoms with E-state index in [2.05, 4.69) is 52.2 Å². The summed E-state index contributed by atoms with van der Waals surface area (Å²) in [7, 11) is 2.20. The summed E-state index contributed by atoms with van der Waals surface area (Å²) in [6, 6.07) is 10.5. The minimum absolute atomic E-state index is 1.08. The third-order valence-corrected chi connectivity index (χ3v) is 4.65. The van der Waals surface area contributed by atoms with Crippen molar-refractivity contribution in [2.45, 2.75) is 6.42 Å². The first kappa shape index (κ1) is 12.6.